The van der Waals surface area contributed by atoms with Crippen LogP contribution >= 0.6 is 0 Å². The second-order valence-electron chi connectivity index (χ2n) is 5.22. The van der Waals surface area contributed by atoms with Crippen molar-refractivity contribution in [1.82, 2.24) is 4.31 Å². The zero-order valence-electron chi connectivity index (χ0n) is 13.1. The molecule has 0 heterocycles. The Hall–Kier alpha value is -2.00. The minimum atomic E-state index is -4.95. The molecule has 0 spiro atoms. The Kier molecular flexibility index (Phi) is 5.79. The van der Waals surface area contributed by atoms with Gasteiger partial charge in [0.05, 0.1) is 0 Å². The van der Waals surface area contributed by atoms with Gasteiger partial charge in [0.1, 0.15) is 0 Å². The summed E-state index contributed by atoms with van der Waals surface area (Å²) in [5.41, 5.74) is 0.503. The summed E-state index contributed by atoms with van der Waals surface area (Å²) in [6.07, 6.45) is 0.279. The van der Waals surface area contributed by atoms with Crippen molar-refractivity contribution in [3.8, 4) is 0 Å². The molecule has 0 unspecified atom stereocenters. The SMILES string of the molecule is CCCN(Cc1ccccc1)S(=O)(=O)c1c(F)c(F)c(F)c(F)c1F. The highest BCUT2D eigenvalue weighted by atomic mass is 32.2. The van der Waals surface area contributed by atoms with E-state index in [0.717, 1.165) is 0 Å². The summed E-state index contributed by atoms with van der Waals surface area (Å²) in [4.78, 5) is -1.84. The molecule has 0 atom stereocenters. The van der Waals surface area contributed by atoms with Gasteiger partial charge in [0.2, 0.25) is 15.8 Å². The van der Waals surface area contributed by atoms with Crippen LogP contribution in [-0.4, -0.2) is 19.3 Å². The van der Waals surface area contributed by atoms with Gasteiger partial charge in [-0.2, -0.15) is 4.31 Å². The number of hydrogen-bond donors (Lipinski definition) is 0. The van der Waals surface area contributed by atoms with E-state index in [4.69, 9.17) is 0 Å². The van der Waals surface area contributed by atoms with Crippen LogP contribution in [0.5, 0.6) is 0 Å². The first-order valence-electron chi connectivity index (χ1n) is 7.27. The Labute approximate surface area is 141 Å². The molecule has 0 aliphatic carbocycles. The predicted octanol–water partition coefficient (Wildman–Crippen LogP) is 3.98. The fraction of sp³-hybridized carbons (Fsp3) is 0.250. The number of hydrogen-bond acceptors (Lipinski definition) is 2. The van der Waals surface area contributed by atoms with Gasteiger partial charge >= 0.3 is 0 Å². The van der Waals surface area contributed by atoms with E-state index < -0.39 is 44.0 Å². The number of benzene rings is 2. The molecule has 0 aliphatic heterocycles. The van der Waals surface area contributed by atoms with E-state index in [1.54, 1.807) is 37.3 Å². The first kappa shape index (κ1) is 19.3. The van der Waals surface area contributed by atoms with Crippen molar-refractivity contribution in [2.75, 3.05) is 6.54 Å². The van der Waals surface area contributed by atoms with Gasteiger partial charge in [0.15, 0.2) is 28.2 Å². The summed E-state index contributed by atoms with van der Waals surface area (Å²) in [7, 11) is -4.95. The summed E-state index contributed by atoms with van der Waals surface area (Å²) < 4.78 is 93.5. The third kappa shape index (κ3) is 3.67. The highest BCUT2D eigenvalue weighted by Gasteiger charge is 2.36. The average Bonchev–Trinajstić information content (AvgIpc) is 2.58. The van der Waals surface area contributed by atoms with E-state index in [-0.39, 0.29) is 19.5 Å². The van der Waals surface area contributed by atoms with Crippen LogP contribution in [0.15, 0.2) is 35.2 Å². The Balaban J connectivity index is 2.58. The smallest absolute Gasteiger partial charge is 0.207 e. The Morgan fingerprint density at radius 3 is 1.80 bits per heavy atom. The zero-order valence-corrected chi connectivity index (χ0v) is 13.9. The summed E-state index contributed by atoms with van der Waals surface area (Å²) in [6.45, 7) is 1.19. The third-order valence-corrected chi connectivity index (χ3v) is 5.31. The number of halogens is 5. The fourth-order valence-electron chi connectivity index (χ4n) is 2.26. The first-order chi connectivity index (χ1) is 11.7. The highest BCUT2D eigenvalue weighted by molar-refractivity contribution is 7.89. The molecular weight excluding hydrogens is 365 g/mol. The van der Waals surface area contributed by atoms with Crippen LogP contribution in [0, 0.1) is 29.1 Å². The maximum atomic E-state index is 13.9. The van der Waals surface area contributed by atoms with E-state index in [2.05, 4.69) is 0 Å². The Morgan fingerprint density at radius 1 is 0.840 bits per heavy atom. The lowest BCUT2D eigenvalue weighted by Crippen LogP contribution is -2.33. The van der Waals surface area contributed by atoms with Gasteiger partial charge in [-0.25, -0.2) is 30.4 Å². The van der Waals surface area contributed by atoms with Crippen LogP contribution in [-0.2, 0) is 16.6 Å². The van der Waals surface area contributed by atoms with E-state index in [1.807, 2.05) is 0 Å². The first-order valence-corrected chi connectivity index (χ1v) is 8.71. The van der Waals surface area contributed by atoms with Crippen molar-refractivity contribution in [3.05, 3.63) is 65.0 Å². The van der Waals surface area contributed by atoms with E-state index >= 15 is 0 Å². The van der Waals surface area contributed by atoms with Gasteiger partial charge in [-0.15, -0.1) is 0 Å². The van der Waals surface area contributed by atoms with E-state index in [1.165, 1.54) is 0 Å². The highest BCUT2D eigenvalue weighted by Crippen LogP contribution is 2.29. The van der Waals surface area contributed by atoms with Crippen LogP contribution in [0.2, 0.25) is 0 Å². The Morgan fingerprint density at radius 2 is 1.32 bits per heavy atom. The van der Waals surface area contributed by atoms with Crippen LogP contribution in [0.25, 0.3) is 0 Å². The molecule has 0 bridgehead atoms. The third-order valence-electron chi connectivity index (χ3n) is 3.44. The monoisotopic (exact) mass is 379 g/mol. The summed E-state index contributed by atoms with van der Waals surface area (Å²) >= 11 is 0. The molecule has 0 aromatic heterocycles. The van der Waals surface area contributed by atoms with Crippen molar-refractivity contribution >= 4 is 10.0 Å². The molecule has 3 nitrogen and oxygen atoms in total. The predicted molar refractivity (Wildman–Crippen MR) is 80.6 cm³/mol. The Bertz CT molecular complexity index is 843. The van der Waals surface area contributed by atoms with Gasteiger partial charge in [0.25, 0.3) is 0 Å². The quantitative estimate of drug-likeness (QED) is 0.433. The van der Waals surface area contributed by atoms with Crippen LogP contribution < -0.4 is 0 Å². The lowest BCUT2D eigenvalue weighted by atomic mass is 10.2. The van der Waals surface area contributed by atoms with Crippen molar-refractivity contribution in [1.29, 1.82) is 0 Å². The molecule has 136 valence electrons. The molecule has 0 saturated heterocycles. The zero-order chi connectivity index (χ0) is 18.8. The van der Waals surface area contributed by atoms with E-state index in [0.29, 0.717) is 9.87 Å². The molecule has 0 saturated carbocycles. The molecule has 2 aromatic rings. The standard InChI is InChI=1S/C16H14F5NO2S/c1-2-8-22(9-10-6-4-3-5-7-10)25(23,24)16-14(20)12(18)11(17)13(19)15(16)21/h3-7H,2,8-9H2,1H3. The number of rotatable bonds is 6. The van der Waals surface area contributed by atoms with Gasteiger partial charge in [-0.3, -0.25) is 0 Å². The largest absolute Gasteiger partial charge is 0.249 e. The lowest BCUT2D eigenvalue weighted by Gasteiger charge is -2.22. The molecule has 2 rings (SSSR count). The maximum absolute atomic E-state index is 13.9. The molecular formula is C16H14F5NO2S. The molecule has 2 aromatic carbocycles. The number of sulfonamides is 1. The van der Waals surface area contributed by atoms with Crippen LogP contribution in [0.3, 0.4) is 0 Å². The van der Waals surface area contributed by atoms with Gasteiger partial charge < -0.3 is 0 Å². The molecule has 0 fully saturated rings. The summed E-state index contributed by atoms with van der Waals surface area (Å²) in [5, 5.41) is 0. The van der Waals surface area contributed by atoms with Crippen molar-refractivity contribution in [3.63, 3.8) is 0 Å². The second-order valence-corrected chi connectivity index (χ2v) is 7.10. The molecule has 0 aliphatic rings. The average molecular weight is 379 g/mol. The van der Waals surface area contributed by atoms with Crippen molar-refractivity contribution in [2.24, 2.45) is 0 Å². The normalized spacial score (nSPS) is 12.0. The van der Waals surface area contributed by atoms with Crippen molar-refractivity contribution in [2.45, 2.75) is 24.8 Å². The minimum Gasteiger partial charge on any atom is -0.207 e. The maximum Gasteiger partial charge on any atom is 0.249 e. The topological polar surface area (TPSA) is 37.4 Å². The summed E-state index contributed by atoms with van der Waals surface area (Å²) in [5.74, 6) is -11.7. The van der Waals surface area contributed by atoms with E-state index in [9.17, 15) is 30.4 Å². The molecule has 9 heteroatoms. The molecule has 0 amide bonds. The number of nitrogens with zero attached hydrogens (tertiary/aromatic N) is 1. The van der Waals surface area contributed by atoms with Gasteiger partial charge in [-0.05, 0) is 12.0 Å². The van der Waals surface area contributed by atoms with Crippen LogP contribution in [0.4, 0.5) is 22.0 Å². The fourth-order valence-corrected chi connectivity index (χ4v) is 3.89. The second kappa shape index (κ2) is 7.49. The van der Waals surface area contributed by atoms with Gasteiger partial charge in [-0.1, -0.05) is 37.3 Å². The lowest BCUT2D eigenvalue weighted by molar-refractivity contribution is 0.347. The van der Waals surface area contributed by atoms with Gasteiger partial charge in [0, 0.05) is 13.1 Å². The minimum absolute atomic E-state index is 0.156. The molecule has 0 radical (unpaired) electrons. The molecule has 0 N–H and O–H groups in total. The van der Waals surface area contributed by atoms with Crippen LogP contribution in [0.1, 0.15) is 18.9 Å². The van der Waals surface area contributed by atoms with Crippen molar-refractivity contribution < 1.29 is 30.4 Å². The molecule has 25 heavy (non-hydrogen) atoms. The summed E-state index contributed by atoms with van der Waals surface area (Å²) in [6, 6.07) is 8.11.